The van der Waals surface area contributed by atoms with Crippen LogP contribution in [0.15, 0.2) is 0 Å². The minimum absolute atomic E-state index is 0.0807. The Hall–Kier alpha value is -0.763. The van der Waals surface area contributed by atoms with Gasteiger partial charge in [-0.15, -0.1) is 0 Å². The second-order valence-corrected chi connectivity index (χ2v) is 8.68. The first kappa shape index (κ1) is 13.2. The lowest BCUT2D eigenvalue weighted by Crippen LogP contribution is -2.51. The average Bonchev–Trinajstić information content (AvgIpc) is 3.06. The molecule has 106 valence electrons. The number of cyclic esters (lactones) is 2. The fourth-order valence-corrected chi connectivity index (χ4v) is 7.23. The Bertz CT molecular complexity index is 412. The van der Waals surface area contributed by atoms with Crippen molar-refractivity contribution in [2.45, 2.75) is 18.4 Å². The van der Waals surface area contributed by atoms with E-state index in [1.807, 2.05) is 0 Å². The lowest BCUT2D eigenvalue weighted by molar-refractivity contribution is -0.154. The molecule has 3 fully saturated rings. The normalized spacial score (nSPS) is 40.7. The highest BCUT2D eigenvalue weighted by atomic mass is 28.4. The van der Waals surface area contributed by atoms with Gasteiger partial charge in [-0.05, 0) is 24.7 Å². The van der Waals surface area contributed by atoms with E-state index in [0.717, 1.165) is 12.8 Å². The first-order chi connectivity index (χ1) is 9.07. The fourth-order valence-electron chi connectivity index (χ4n) is 4.37. The summed E-state index contributed by atoms with van der Waals surface area (Å²) in [5, 5.41) is 0. The van der Waals surface area contributed by atoms with E-state index < -0.39 is 8.80 Å². The number of hydrogen-bond acceptors (Lipinski definition) is 6. The van der Waals surface area contributed by atoms with Crippen molar-refractivity contribution >= 4 is 20.7 Å². The molecule has 3 aliphatic rings. The molecule has 0 aromatic carbocycles. The molecule has 7 heteroatoms. The molecule has 0 aromatic rings. The van der Waals surface area contributed by atoms with E-state index in [1.165, 1.54) is 0 Å². The highest BCUT2D eigenvalue weighted by molar-refractivity contribution is 6.62. The Labute approximate surface area is 112 Å². The van der Waals surface area contributed by atoms with Crippen LogP contribution in [0, 0.1) is 23.7 Å². The molecule has 19 heavy (non-hydrogen) atoms. The van der Waals surface area contributed by atoms with Gasteiger partial charge in [0.1, 0.15) is 0 Å². The van der Waals surface area contributed by atoms with Crippen LogP contribution in [0.1, 0.15) is 12.8 Å². The van der Waals surface area contributed by atoms with Gasteiger partial charge in [-0.3, -0.25) is 9.59 Å². The number of hydrogen-bond donors (Lipinski definition) is 0. The maximum Gasteiger partial charge on any atom is 0.503 e. The zero-order valence-electron chi connectivity index (χ0n) is 11.3. The van der Waals surface area contributed by atoms with Crippen molar-refractivity contribution < 1.29 is 27.6 Å². The predicted octanol–water partition coefficient (Wildman–Crippen LogP) is 0.590. The summed E-state index contributed by atoms with van der Waals surface area (Å²) in [5.41, 5.74) is 0.0807. The molecular weight excluding hydrogens is 268 g/mol. The van der Waals surface area contributed by atoms with Crippen LogP contribution in [0.4, 0.5) is 0 Å². The number of ether oxygens (including phenoxy) is 1. The van der Waals surface area contributed by atoms with Gasteiger partial charge in [-0.1, -0.05) is 0 Å². The third-order valence-electron chi connectivity index (χ3n) is 5.06. The molecule has 0 unspecified atom stereocenters. The number of fused-ring (bicyclic) bond motifs is 5. The van der Waals surface area contributed by atoms with Crippen LogP contribution in [0.5, 0.6) is 0 Å². The number of rotatable bonds is 4. The predicted molar refractivity (Wildman–Crippen MR) is 64.8 cm³/mol. The Morgan fingerprint density at radius 2 is 1.58 bits per heavy atom. The summed E-state index contributed by atoms with van der Waals surface area (Å²) in [7, 11) is 1.98. The molecule has 5 atom stereocenters. The quantitative estimate of drug-likeness (QED) is 0.428. The smallest absolute Gasteiger partial charge is 0.393 e. The molecule has 0 aromatic heterocycles. The minimum Gasteiger partial charge on any atom is -0.393 e. The summed E-state index contributed by atoms with van der Waals surface area (Å²) in [6.07, 6.45) is 1.68. The molecule has 0 N–H and O–H groups in total. The molecule has 3 rings (SSSR count). The van der Waals surface area contributed by atoms with E-state index in [-0.39, 0.29) is 41.2 Å². The van der Waals surface area contributed by atoms with Crippen LogP contribution < -0.4 is 0 Å². The third kappa shape index (κ3) is 1.59. The maximum atomic E-state index is 11.8. The van der Waals surface area contributed by atoms with Gasteiger partial charge in [0.2, 0.25) is 0 Å². The average molecular weight is 286 g/mol. The fraction of sp³-hybridized carbons (Fsp3) is 0.833. The summed E-state index contributed by atoms with van der Waals surface area (Å²) >= 11 is 0. The molecule has 1 saturated heterocycles. The Kier molecular flexibility index (Phi) is 3.04. The Morgan fingerprint density at radius 3 is 2.16 bits per heavy atom. The van der Waals surface area contributed by atoms with Crippen molar-refractivity contribution in [1.82, 2.24) is 0 Å². The van der Waals surface area contributed by atoms with E-state index in [2.05, 4.69) is 0 Å². The van der Waals surface area contributed by atoms with E-state index >= 15 is 0 Å². The molecule has 2 saturated carbocycles. The van der Waals surface area contributed by atoms with Crippen molar-refractivity contribution in [2.24, 2.45) is 23.7 Å². The van der Waals surface area contributed by atoms with E-state index in [0.29, 0.717) is 0 Å². The summed E-state index contributed by atoms with van der Waals surface area (Å²) in [5.74, 6) is -1.000. The van der Waals surface area contributed by atoms with Gasteiger partial charge >= 0.3 is 20.7 Å². The van der Waals surface area contributed by atoms with Gasteiger partial charge in [-0.2, -0.15) is 0 Å². The summed E-state index contributed by atoms with van der Waals surface area (Å²) in [6.45, 7) is 0. The van der Waals surface area contributed by atoms with Crippen molar-refractivity contribution in [1.29, 1.82) is 0 Å². The summed E-state index contributed by atoms with van der Waals surface area (Å²) in [6, 6.07) is 0. The topological polar surface area (TPSA) is 71.1 Å². The van der Waals surface area contributed by atoms with Crippen molar-refractivity contribution in [2.75, 3.05) is 21.3 Å². The van der Waals surface area contributed by atoms with Gasteiger partial charge < -0.3 is 18.0 Å². The van der Waals surface area contributed by atoms with E-state index in [9.17, 15) is 9.59 Å². The zero-order valence-corrected chi connectivity index (χ0v) is 12.3. The Balaban J connectivity index is 1.90. The van der Waals surface area contributed by atoms with Crippen LogP contribution in [0.3, 0.4) is 0 Å². The SMILES string of the molecule is CO[Si](OC)(OC)[C@H]1C[C@H]2C[C@@H]1[C@H]1C(=O)OC(=O)[C@@H]21. The molecule has 2 bridgehead atoms. The van der Waals surface area contributed by atoms with Crippen LogP contribution in [-0.2, 0) is 27.6 Å². The molecule has 2 aliphatic carbocycles. The van der Waals surface area contributed by atoms with Crippen molar-refractivity contribution in [3.63, 3.8) is 0 Å². The molecule has 1 heterocycles. The van der Waals surface area contributed by atoms with E-state index in [1.54, 1.807) is 21.3 Å². The van der Waals surface area contributed by atoms with Gasteiger partial charge in [0.25, 0.3) is 0 Å². The molecule has 0 amide bonds. The molecular formula is C12H18O6Si. The lowest BCUT2D eigenvalue weighted by Gasteiger charge is -2.37. The number of esters is 2. The molecule has 0 radical (unpaired) electrons. The standard InChI is InChI=1S/C12H18O6Si/c1-15-19(16-2,17-3)8-5-6-4-7(8)10-9(6)11(13)18-12(10)14/h6-10H,4-5H2,1-3H3/t6-,7+,8+,9+,10-/m1/s1. The number of carbonyl (C=O) groups is 2. The monoisotopic (exact) mass is 286 g/mol. The maximum absolute atomic E-state index is 11.8. The third-order valence-corrected chi connectivity index (χ3v) is 8.34. The second-order valence-electron chi connectivity index (χ2n) is 5.51. The van der Waals surface area contributed by atoms with Crippen molar-refractivity contribution in [3.05, 3.63) is 0 Å². The Morgan fingerprint density at radius 1 is 1.00 bits per heavy atom. The first-order valence-electron chi connectivity index (χ1n) is 6.49. The van der Waals surface area contributed by atoms with E-state index in [4.69, 9.17) is 18.0 Å². The van der Waals surface area contributed by atoms with Crippen LogP contribution in [0.2, 0.25) is 5.54 Å². The first-order valence-corrected chi connectivity index (χ1v) is 8.29. The molecule has 1 aliphatic heterocycles. The highest BCUT2D eigenvalue weighted by Gasteiger charge is 2.68. The minimum atomic E-state index is -2.77. The van der Waals surface area contributed by atoms with Gasteiger partial charge in [0.05, 0.1) is 11.8 Å². The summed E-state index contributed by atoms with van der Waals surface area (Å²) in [4.78, 5) is 23.5. The van der Waals surface area contributed by atoms with Crippen LogP contribution in [-0.4, -0.2) is 42.1 Å². The lowest BCUT2D eigenvalue weighted by atomic mass is 9.81. The van der Waals surface area contributed by atoms with Crippen molar-refractivity contribution in [3.8, 4) is 0 Å². The molecule has 6 nitrogen and oxygen atoms in total. The molecule has 0 spiro atoms. The number of carbonyl (C=O) groups excluding carboxylic acids is 2. The summed E-state index contributed by atoms with van der Waals surface area (Å²) < 4.78 is 21.4. The largest absolute Gasteiger partial charge is 0.503 e. The van der Waals surface area contributed by atoms with Gasteiger partial charge in [0.15, 0.2) is 0 Å². The van der Waals surface area contributed by atoms with Crippen LogP contribution in [0.25, 0.3) is 0 Å². The van der Waals surface area contributed by atoms with Crippen LogP contribution >= 0.6 is 0 Å². The van der Waals surface area contributed by atoms with Gasteiger partial charge in [-0.25, -0.2) is 0 Å². The van der Waals surface area contributed by atoms with Gasteiger partial charge in [0, 0.05) is 26.9 Å². The zero-order chi connectivity index (χ0) is 13.8. The highest BCUT2D eigenvalue weighted by Crippen LogP contribution is 2.63. The second kappa shape index (κ2) is 4.37.